The second kappa shape index (κ2) is 11.4. The van der Waals surface area contributed by atoms with Gasteiger partial charge in [0.05, 0.1) is 18.0 Å². The molecule has 0 aliphatic rings. The van der Waals surface area contributed by atoms with Crippen LogP contribution in [-0.4, -0.2) is 35.4 Å². The topological polar surface area (TPSA) is 142 Å². The molecule has 0 heterocycles. The van der Waals surface area contributed by atoms with Crippen LogP contribution in [0.3, 0.4) is 0 Å². The summed E-state index contributed by atoms with van der Waals surface area (Å²) >= 11 is 0. The third-order valence-corrected chi connectivity index (χ3v) is 4.73. The predicted molar refractivity (Wildman–Crippen MR) is 113 cm³/mol. The number of hydrogen-bond acceptors (Lipinski definition) is 6. The van der Waals surface area contributed by atoms with Gasteiger partial charge in [0, 0.05) is 24.5 Å². The van der Waals surface area contributed by atoms with E-state index >= 15 is 0 Å². The number of nitro benzene ring substituents is 1. The molecule has 9 nitrogen and oxygen atoms in total. The fourth-order valence-corrected chi connectivity index (χ4v) is 3.19. The first-order valence-electron chi connectivity index (χ1n) is 9.84. The summed E-state index contributed by atoms with van der Waals surface area (Å²) in [7, 11) is 0. The second-order valence-corrected chi connectivity index (χ2v) is 6.90. The molecule has 2 aromatic carbocycles. The molecule has 0 fully saturated rings. The van der Waals surface area contributed by atoms with E-state index in [0.717, 1.165) is 5.56 Å². The lowest BCUT2D eigenvalue weighted by Crippen LogP contribution is -2.48. The summed E-state index contributed by atoms with van der Waals surface area (Å²) in [6.45, 7) is 1.80. The van der Waals surface area contributed by atoms with E-state index in [1.54, 1.807) is 6.92 Å². The quantitative estimate of drug-likeness (QED) is 0.320. The van der Waals surface area contributed by atoms with Gasteiger partial charge in [0.2, 0.25) is 11.8 Å². The predicted octanol–water partition coefficient (Wildman–Crippen LogP) is 2.23. The summed E-state index contributed by atoms with van der Waals surface area (Å²) < 4.78 is 4.98. The maximum absolute atomic E-state index is 12.5. The van der Waals surface area contributed by atoms with E-state index in [0.29, 0.717) is 12.0 Å². The molecule has 3 N–H and O–H groups in total. The average molecular weight is 427 g/mol. The molecule has 2 rings (SSSR count). The summed E-state index contributed by atoms with van der Waals surface area (Å²) in [6.07, 6.45) is 0.372. The van der Waals surface area contributed by atoms with Gasteiger partial charge in [-0.3, -0.25) is 24.5 Å². The third-order valence-electron chi connectivity index (χ3n) is 4.73. The Morgan fingerprint density at radius 3 is 2.29 bits per heavy atom. The van der Waals surface area contributed by atoms with E-state index < -0.39 is 34.7 Å². The fourth-order valence-electron chi connectivity index (χ4n) is 3.19. The Kier molecular flexibility index (Phi) is 8.68. The van der Waals surface area contributed by atoms with Gasteiger partial charge >= 0.3 is 5.97 Å². The SMILES string of the molecule is CCOC(=O)C[C@H](c1ccc([N+](=O)[O-])cc1)[C@H](NC(=O)CCc1ccccc1)C(N)=O. The minimum atomic E-state index is -1.19. The molecule has 0 aliphatic heterocycles. The van der Waals surface area contributed by atoms with Gasteiger partial charge in [-0.25, -0.2) is 0 Å². The number of nitrogens with one attached hydrogen (secondary N) is 1. The Hall–Kier alpha value is -3.75. The largest absolute Gasteiger partial charge is 0.466 e. The molecule has 164 valence electrons. The molecule has 0 saturated carbocycles. The normalized spacial score (nSPS) is 12.4. The van der Waals surface area contributed by atoms with Crippen LogP contribution in [0, 0.1) is 10.1 Å². The van der Waals surface area contributed by atoms with Crippen LogP contribution >= 0.6 is 0 Å². The molecule has 0 aromatic heterocycles. The van der Waals surface area contributed by atoms with Crippen molar-refractivity contribution >= 4 is 23.5 Å². The molecular weight excluding hydrogens is 402 g/mol. The zero-order valence-electron chi connectivity index (χ0n) is 17.2. The maximum Gasteiger partial charge on any atom is 0.306 e. The highest BCUT2D eigenvalue weighted by atomic mass is 16.6. The van der Waals surface area contributed by atoms with Crippen molar-refractivity contribution < 1.29 is 24.0 Å². The monoisotopic (exact) mass is 427 g/mol. The number of carbonyl (C=O) groups excluding carboxylic acids is 3. The first-order chi connectivity index (χ1) is 14.8. The molecule has 0 saturated heterocycles. The Morgan fingerprint density at radius 2 is 1.74 bits per heavy atom. The number of amides is 2. The minimum absolute atomic E-state index is 0.125. The Labute approximate surface area is 179 Å². The number of carbonyl (C=O) groups is 3. The molecule has 2 amide bonds. The van der Waals surface area contributed by atoms with Crippen molar-refractivity contribution in [3.05, 3.63) is 75.8 Å². The van der Waals surface area contributed by atoms with Crippen LogP contribution in [0.4, 0.5) is 5.69 Å². The third kappa shape index (κ3) is 7.22. The molecule has 31 heavy (non-hydrogen) atoms. The van der Waals surface area contributed by atoms with Crippen molar-refractivity contribution in [1.82, 2.24) is 5.32 Å². The maximum atomic E-state index is 12.5. The van der Waals surface area contributed by atoms with Crippen molar-refractivity contribution in [2.24, 2.45) is 5.73 Å². The van der Waals surface area contributed by atoms with Crippen LogP contribution in [-0.2, 0) is 25.5 Å². The number of primary amides is 1. The molecule has 2 atom stereocenters. The van der Waals surface area contributed by atoms with Crippen LogP contribution in [0.2, 0.25) is 0 Å². The number of ether oxygens (including phenoxy) is 1. The summed E-state index contributed by atoms with van der Waals surface area (Å²) in [4.78, 5) is 47.2. The number of nitrogens with two attached hydrogens (primary N) is 1. The fraction of sp³-hybridized carbons (Fsp3) is 0.318. The van der Waals surface area contributed by atoms with Gasteiger partial charge in [0.25, 0.3) is 5.69 Å². The lowest BCUT2D eigenvalue weighted by atomic mass is 9.87. The second-order valence-electron chi connectivity index (χ2n) is 6.90. The number of esters is 1. The van der Waals surface area contributed by atoms with Crippen molar-refractivity contribution in [3.63, 3.8) is 0 Å². The van der Waals surface area contributed by atoms with Gasteiger partial charge in [0.1, 0.15) is 6.04 Å². The number of non-ortho nitro benzene ring substituents is 1. The van der Waals surface area contributed by atoms with Crippen molar-refractivity contribution in [2.75, 3.05) is 6.61 Å². The molecule has 0 spiro atoms. The standard InChI is InChI=1S/C22H25N3O6/c1-2-31-20(27)14-18(16-9-11-17(12-10-16)25(29)30)21(22(23)28)24-19(26)13-8-15-6-4-3-5-7-15/h3-7,9-12,18,21H,2,8,13-14H2,1H3,(H2,23,28)(H,24,26)/t18-,21+/m1/s1. The van der Waals surface area contributed by atoms with E-state index in [1.165, 1.54) is 24.3 Å². The van der Waals surface area contributed by atoms with Gasteiger partial charge in [-0.05, 0) is 24.5 Å². The van der Waals surface area contributed by atoms with E-state index in [9.17, 15) is 24.5 Å². The summed E-state index contributed by atoms with van der Waals surface area (Å²) in [5, 5.41) is 13.5. The zero-order valence-corrected chi connectivity index (χ0v) is 17.2. The average Bonchev–Trinajstić information content (AvgIpc) is 2.75. The van der Waals surface area contributed by atoms with Gasteiger partial charge in [-0.2, -0.15) is 0 Å². The van der Waals surface area contributed by atoms with Gasteiger partial charge in [-0.15, -0.1) is 0 Å². The molecule has 2 aromatic rings. The molecular formula is C22H25N3O6. The number of benzene rings is 2. The van der Waals surface area contributed by atoms with Crippen LogP contribution in [0.1, 0.15) is 36.8 Å². The van der Waals surface area contributed by atoms with Gasteiger partial charge in [-0.1, -0.05) is 42.5 Å². The van der Waals surface area contributed by atoms with Crippen LogP contribution < -0.4 is 11.1 Å². The number of rotatable bonds is 11. The van der Waals surface area contributed by atoms with E-state index in [2.05, 4.69) is 5.32 Å². The van der Waals surface area contributed by atoms with E-state index in [1.807, 2.05) is 30.3 Å². The minimum Gasteiger partial charge on any atom is -0.466 e. The highest BCUT2D eigenvalue weighted by Gasteiger charge is 2.32. The van der Waals surface area contributed by atoms with E-state index in [-0.39, 0.29) is 25.1 Å². The Morgan fingerprint density at radius 1 is 1.10 bits per heavy atom. The molecule has 9 heteroatoms. The molecule has 0 aliphatic carbocycles. The Bertz CT molecular complexity index is 915. The Balaban J connectivity index is 2.21. The lowest BCUT2D eigenvalue weighted by molar-refractivity contribution is -0.384. The van der Waals surface area contributed by atoms with Crippen LogP contribution in [0.15, 0.2) is 54.6 Å². The number of nitrogens with zero attached hydrogens (tertiary/aromatic N) is 1. The highest BCUT2D eigenvalue weighted by Crippen LogP contribution is 2.26. The summed E-state index contributed by atoms with van der Waals surface area (Å²) in [5.74, 6) is -2.63. The smallest absolute Gasteiger partial charge is 0.306 e. The lowest BCUT2D eigenvalue weighted by Gasteiger charge is -2.25. The van der Waals surface area contributed by atoms with Crippen molar-refractivity contribution in [2.45, 2.75) is 38.1 Å². The van der Waals surface area contributed by atoms with Crippen molar-refractivity contribution in [1.29, 1.82) is 0 Å². The number of nitro groups is 1. The molecule has 0 bridgehead atoms. The first-order valence-corrected chi connectivity index (χ1v) is 9.84. The van der Waals surface area contributed by atoms with Gasteiger partial charge in [0.15, 0.2) is 0 Å². The number of hydrogen-bond donors (Lipinski definition) is 2. The summed E-state index contributed by atoms with van der Waals surface area (Å²) in [6, 6.07) is 13.6. The van der Waals surface area contributed by atoms with Crippen molar-refractivity contribution in [3.8, 4) is 0 Å². The van der Waals surface area contributed by atoms with Crippen LogP contribution in [0.5, 0.6) is 0 Å². The van der Waals surface area contributed by atoms with Crippen LogP contribution in [0.25, 0.3) is 0 Å². The van der Waals surface area contributed by atoms with E-state index in [4.69, 9.17) is 10.5 Å². The first kappa shape index (κ1) is 23.5. The highest BCUT2D eigenvalue weighted by molar-refractivity contribution is 5.88. The molecule has 0 radical (unpaired) electrons. The summed E-state index contributed by atoms with van der Waals surface area (Å²) in [5.41, 5.74) is 6.82. The number of aryl methyl sites for hydroxylation is 1. The van der Waals surface area contributed by atoms with Gasteiger partial charge < -0.3 is 15.8 Å². The zero-order chi connectivity index (χ0) is 22.8. The molecule has 0 unspecified atom stereocenters.